The number of esters is 1. The maximum absolute atomic E-state index is 12.8. The zero-order valence-electron chi connectivity index (χ0n) is 17.3. The fraction of sp³-hybridized carbons (Fsp3) is 0.304. The minimum atomic E-state index is -3.53. The van der Waals surface area contributed by atoms with Crippen molar-refractivity contribution in [2.75, 3.05) is 13.1 Å². The number of sulfonamides is 1. The third kappa shape index (κ3) is 4.86. The fourth-order valence-electron chi connectivity index (χ4n) is 3.63. The first-order valence-electron chi connectivity index (χ1n) is 10.3. The lowest BCUT2D eigenvalue weighted by Crippen LogP contribution is -2.40. The first-order valence-corrected chi connectivity index (χ1v) is 11.7. The van der Waals surface area contributed by atoms with Crippen molar-refractivity contribution in [2.24, 2.45) is 5.92 Å². The molecule has 31 heavy (non-hydrogen) atoms. The smallest absolute Gasteiger partial charge is 0.309 e. The highest BCUT2D eigenvalue weighted by molar-refractivity contribution is 7.89. The predicted octanol–water partition coefficient (Wildman–Crippen LogP) is 3.32. The van der Waals surface area contributed by atoms with Crippen LogP contribution in [0.2, 0.25) is 0 Å². The Morgan fingerprint density at radius 3 is 2.35 bits per heavy atom. The van der Waals surface area contributed by atoms with Gasteiger partial charge in [-0.1, -0.05) is 29.8 Å². The second-order valence-corrected chi connectivity index (χ2v) is 9.65. The molecule has 0 unspecified atom stereocenters. The van der Waals surface area contributed by atoms with Gasteiger partial charge in [-0.2, -0.15) is 9.40 Å². The normalized spacial score (nSPS) is 15.6. The van der Waals surface area contributed by atoms with Gasteiger partial charge in [0.25, 0.3) is 0 Å². The number of aryl methyl sites for hydroxylation is 1. The number of aromatic nitrogens is 2. The van der Waals surface area contributed by atoms with Crippen LogP contribution in [0.15, 0.2) is 71.9 Å². The molecular formula is C23H25N3O4S. The van der Waals surface area contributed by atoms with Crippen molar-refractivity contribution in [1.82, 2.24) is 14.1 Å². The number of hydrogen-bond acceptors (Lipinski definition) is 5. The molecule has 0 amide bonds. The van der Waals surface area contributed by atoms with Gasteiger partial charge in [-0.05, 0) is 55.7 Å². The summed E-state index contributed by atoms with van der Waals surface area (Å²) < 4.78 is 34.3. The molecule has 1 fully saturated rings. The lowest BCUT2D eigenvalue weighted by molar-refractivity contribution is -0.151. The third-order valence-electron chi connectivity index (χ3n) is 5.53. The summed E-state index contributed by atoms with van der Waals surface area (Å²) in [4.78, 5) is 12.8. The minimum Gasteiger partial charge on any atom is -0.461 e. The average Bonchev–Trinajstić information content (AvgIpc) is 3.33. The van der Waals surface area contributed by atoms with Crippen LogP contribution in [0.25, 0.3) is 5.69 Å². The minimum absolute atomic E-state index is 0.195. The number of ether oxygens (including phenoxy) is 1. The lowest BCUT2D eigenvalue weighted by Gasteiger charge is -2.30. The molecular weight excluding hydrogens is 414 g/mol. The topological polar surface area (TPSA) is 81.5 Å². The van der Waals surface area contributed by atoms with Gasteiger partial charge in [-0.3, -0.25) is 4.79 Å². The predicted molar refractivity (Wildman–Crippen MR) is 116 cm³/mol. The standard InChI is InChI=1S/C23H25N3O4S/c1-18-3-9-22(10-4-18)31(28,29)25-15-11-20(12-16-25)23(27)30-17-19-5-7-21(8-6-19)26-14-2-13-24-26/h2-10,13-14,20H,11-12,15-17H2,1H3. The Labute approximate surface area is 182 Å². The average molecular weight is 440 g/mol. The van der Waals surface area contributed by atoms with Crippen LogP contribution in [-0.4, -0.2) is 41.6 Å². The van der Waals surface area contributed by atoms with Gasteiger partial charge in [0.15, 0.2) is 0 Å². The van der Waals surface area contributed by atoms with Gasteiger partial charge < -0.3 is 4.74 Å². The second kappa shape index (κ2) is 9.03. The first kappa shape index (κ1) is 21.3. The van der Waals surface area contributed by atoms with E-state index in [0.717, 1.165) is 16.8 Å². The molecule has 2 aromatic carbocycles. The van der Waals surface area contributed by atoms with Crippen molar-refractivity contribution < 1.29 is 17.9 Å². The Morgan fingerprint density at radius 1 is 1.06 bits per heavy atom. The molecule has 0 bridgehead atoms. The lowest BCUT2D eigenvalue weighted by atomic mass is 9.98. The van der Waals surface area contributed by atoms with Crippen molar-refractivity contribution >= 4 is 16.0 Å². The quantitative estimate of drug-likeness (QED) is 0.551. The zero-order valence-corrected chi connectivity index (χ0v) is 18.2. The molecule has 0 aliphatic carbocycles. The molecule has 0 N–H and O–H groups in total. The monoisotopic (exact) mass is 439 g/mol. The van der Waals surface area contributed by atoms with E-state index in [9.17, 15) is 13.2 Å². The van der Waals surface area contributed by atoms with Gasteiger partial charge in [0.05, 0.1) is 16.5 Å². The summed E-state index contributed by atoms with van der Waals surface area (Å²) in [6.07, 6.45) is 4.50. The largest absolute Gasteiger partial charge is 0.461 e. The van der Waals surface area contributed by atoms with E-state index in [4.69, 9.17) is 4.74 Å². The van der Waals surface area contributed by atoms with E-state index in [1.54, 1.807) is 35.1 Å². The van der Waals surface area contributed by atoms with Crippen molar-refractivity contribution in [2.45, 2.75) is 31.3 Å². The molecule has 162 valence electrons. The summed E-state index contributed by atoms with van der Waals surface area (Å²) >= 11 is 0. The van der Waals surface area contributed by atoms with E-state index < -0.39 is 10.0 Å². The summed E-state index contributed by atoms with van der Waals surface area (Å²) in [5, 5.41) is 4.18. The number of piperidine rings is 1. The van der Waals surface area contributed by atoms with Crippen LogP contribution in [-0.2, 0) is 26.2 Å². The van der Waals surface area contributed by atoms with E-state index in [1.165, 1.54) is 4.31 Å². The van der Waals surface area contributed by atoms with Crippen molar-refractivity contribution in [1.29, 1.82) is 0 Å². The summed E-state index contributed by atoms with van der Waals surface area (Å²) in [5.41, 5.74) is 2.84. The highest BCUT2D eigenvalue weighted by Crippen LogP contribution is 2.25. The Morgan fingerprint density at radius 2 is 1.74 bits per heavy atom. The summed E-state index contributed by atoms with van der Waals surface area (Å²) in [6.45, 7) is 2.74. The highest BCUT2D eigenvalue weighted by Gasteiger charge is 2.32. The molecule has 0 radical (unpaired) electrons. The number of rotatable bonds is 6. The van der Waals surface area contributed by atoms with Crippen LogP contribution in [0.4, 0.5) is 0 Å². The molecule has 1 aromatic heterocycles. The summed E-state index contributed by atoms with van der Waals surface area (Å²) in [6, 6.07) is 16.3. The maximum Gasteiger partial charge on any atom is 0.309 e. The first-order chi connectivity index (χ1) is 14.9. The molecule has 1 saturated heterocycles. The van der Waals surface area contributed by atoms with Crippen molar-refractivity contribution in [3.05, 3.63) is 78.1 Å². The number of hydrogen-bond donors (Lipinski definition) is 0. The van der Waals surface area contributed by atoms with Crippen molar-refractivity contribution in [3.8, 4) is 5.69 Å². The Hall–Kier alpha value is -2.97. The third-order valence-corrected chi connectivity index (χ3v) is 7.45. The number of benzene rings is 2. The van der Waals surface area contributed by atoms with Gasteiger partial charge >= 0.3 is 5.97 Å². The molecule has 7 nitrogen and oxygen atoms in total. The zero-order chi connectivity index (χ0) is 21.8. The number of carbonyl (C=O) groups is 1. The number of nitrogens with zero attached hydrogens (tertiary/aromatic N) is 3. The number of carbonyl (C=O) groups excluding carboxylic acids is 1. The Balaban J connectivity index is 1.29. The molecule has 0 atom stereocenters. The molecule has 4 rings (SSSR count). The fourth-order valence-corrected chi connectivity index (χ4v) is 5.10. The van der Waals surface area contributed by atoms with Gasteiger partial charge in [0, 0.05) is 25.5 Å². The van der Waals surface area contributed by atoms with Crippen LogP contribution in [0.5, 0.6) is 0 Å². The van der Waals surface area contributed by atoms with Gasteiger partial charge in [-0.25, -0.2) is 13.1 Å². The molecule has 0 saturated carbocycles. The van der Waals surface area contributed by atoms with Gasteiger partial charge in [-0.15, -0.1) is 0 Å². The molecule has 3 aromatic rings. The van der Waals surface area contributed by atoms with Gasteiger partial charge in [0.2, 0.25) is 10.0 Å². The molecule has 1 aliphatic heterocycles. The summed E-state index contributed by atoms with van der Waals surface area (Å²) in [7, 11) is -3.53. The van der Waals surface area contributed by atoms with E-state index >= 15 is 0 Å². The molecule has 8 heteroatoms. The Bertz CT molecular complexity index is 1120. The van der Waals surface area contributed by atoms with Crippen LogP contribution >= 0.6 is 0 Å². The van der Waals surface area contributed by atoms with Crippen LogP contribution < -0.4 is 0 Å². The van der Waals surface area contributed by atoms with E-state index in [-0.39, 0.29) is 23.4 Å². The molecule has 1 aliphatic rings. The summed E-state index contributed by atoms with van der Waals surface area (Å²) in [5.74, 6) is -0.559. The van der Waals surface area contributed by atoms with E-state index in [0.29, 0.717) is 25.9 Å². The van der Waals surface area contributed by atoms with E-state index in [1.807, 2.05) is 43.5 Å². The van der Waals surface area contributed by atoms with Crippen LogP contribution in [0, 0.1) is 12.8 Å². The van der Waals surface area contributed by atoms with Crippen LogP contribution in [0.1, 0.15) is 24.0 Å². The highest BCUT2D eigenvalue weighted by atomic mass is 32.2. The Kier molecular flexibility index (Phi) is 6.20. The maximum atomic E-state index is 12.8. The van der Waals surface area contributed by atoms with E-state index in [2.05, 4.69) is 5.10 Å². The van der Waals surface area contributed by atoms with Gasteiger partial charge in [0.1, 0.15) is 6.61 Å². The second-order valence-electron chi connectivity index (χ2n) is 7.72. The SMILES string of the molecule is Cc1ccc(S(=O)(=O)N2CCC(C(=O)OCc3ccc(-n4cccn4)cc3)CC2)cc1. The molecule has 0 spiro atoms. The molecule has 2 heterocycles. The van der Waals surface area contributed by atoms with Crippen LogP contribution in [0.3, 0.4) is 0 Å². The van der Waals surface area contributed by atoms with Crippen molar-refractivity contribution in [3.63, 3.8) is 0 Å².